The van der Waals surface area contributed by atoms with E-state index < -0.39 is 9.84 Å². The molecule has 0 atom stereocenters. The van der Waals surface area contributed by atoms with Gasteiger partial charge in [-0.3, -0.25) is 4.79 Å². The molecular weight excluding hydrogens is 404 g/mol. The van der Waals surface area contributed by atoms with Crippen LogP contribution in [0.15, 0.2) is 71.6 Å². The SMILES string of the molecule is Cc1ccc(S(C)(=O)=O)cc1C(=O)Nc1ccc(-c2nc3ccccc3s2)cc1. The maximum absolute atomic E-state index is 12.7. The first-order valence-corrected chi connectivity index (χ1v) is 11.6. The average Bonchev–Trinajstić information content (AvgIpc) is 3.12. The van der Waals surface area contributed by atoms with Crippen molar-refractivity contribution in [3.05, 3.63) is 77.9 Å². The third kappa shape index (κ3) is 4.06. The molecule has 0 unspecified atom stereocenters. The van der Waals surface area contributed by atoms with Crippen LogP contribution in [0.2, 0.25) is 0 Å². The molecule has 0 spiro atoms. The summed E-state index contributed by atoms with van der Waals surface area (Å²) in [6.07, 6.45) is 1.13. The predicted octanol–water partition coefficient (Wildman–Crippen LogP) is 4.93. The Kier molecular flexibility index (Phi) is 4.94. The van der Waals surface area contributed by atoms with E-state index in [0.717, 1.165) is 27.0 Å². The number of thiazole rings is 1. The summed E-state index contributed by atoms with van der Waals surface area (Å²) >= 11 is 1.62. The van der Waals surface area contributed by atoms with Crippen molar-refractivity contribution < 1.29 is 13.2 Å². The van der Waals surface area contributed by atoms with E-state index >= 15 is 0 Å². The van der Waals surface area contributed by atoms with Gasteiger partial charge in [-0.2, -0.15) is 0 Å². The van der Waals surface area contributed by atoms with Gasteiger partial charge < -0.3 is 5.32 Å². The molecule has 1 N–H and O–H groups in total. The van der Waals surface area contributed by atoms with Gasteiger partial charge in [0.05, 0.1) is 15.1 Å². The van der Waals surface area contributed by atoms with Gasteiger partial charge in [0.2, 0.25) is 0 Å². The number of carbonyl (C=O) groups excluding carboxylic acids is 1. The van der Waals surface area contributed by atoms with Crippen molar-refractivity contribution in [1.29, 1.82) is 0 Å². The summed E-state index contributed by atoms with van der Waals surface area (Å²) in [4.78, 5) is 17.4. The van der Waals surface area contributed by atoms with Gasteiger partial charge in [0.1, 0.15) is 5.01 Å². The number of hydrogen-bond acceptors (Lipinski definition) is 5. The van der Waals surface area contributed by atoms with Gasteiger partial charge in [-0.1, -0.05) is 18.2 Å². The van der Waals surface area contributed by atoms with Crippen molar-refractivity contribution in [1.82, 2.24) is 4.98 Å². The van der Waals surface area contributed by atoms with Crippen LogP contribution in [-0.2, 0) is 9.84 Å². The van der Waals surface area contributed by atoms with Gasteiger partial charge in [0, 0.05) is 23.1 Å². The van der Waals surface area contributed by atoms with Crippen molar-refractivity contribution >= 4 is 43.0 Å². The summed E-state index contributed by atoms with van der Waals surface area (Å²) in [5, 5.41) is 3.75. The number of nitrogens with zero attached hydrogens (tertiary/aromatic N) is 1. The molecule has 0 fully saturated rings. The zero-order chi connectivity index (χ0) is 20.6. The minimum atomic E-state index is -3.38. The number of amides is 1. The fraction of sp³-hybridized carbons (Fsp3) is 0.0909. The molecule has 4 aromatic rings. The standard InChI is InChI=1S/C22H18N2O3S2/c1-14-7-12-17(29(2,26)27)13-18(14)21(25)23-16-10-8-15(9-11-16)22-24-19-5-3-4-6-20(19)28-22/h3-13H,1-2H3,(H,23,25). The Morgan fingerprint density at radius 1 is 1.00 bits per heavy atom. The number of nitrogens with one attached hydrogen (secondary N) is 1. The Morgan fingerprint density at radius 3 is 2.41 bits per heavy atom. The Bertz CT molecular complexity index is 1290. The molecule has 7 heteroatoms. The van der Waals surface area contributed by atoms with Crippen molar-refractivity contribution in [2.24, 2.45) is 0 Å². The number of para-hydroxylation sites is 1. The van der Waals surface area contributed by atoms with Gasteiger partial charge in [-0.15, -0.1) is 11.3 Å². The number of benzene rings is 3. The highest BCUT2D eigenvalue weighted by Crippen LogP contribution is 2.30. The topological polar surface area (TPSA) is 76.1 Å². The van der Waals surface area contributed by atoms with Gasteiger partial charge >= 0.3 is 0 Å². The van der Waals surface area contributed by atoms with Gasteiger partial charge in [0.15, 0.2) is 9.84 Å². The lowest BCUT2D eigenvalue weighted by molar-refractivity contribution is 0.102. The van der Waals surface area contributed by atoms with E-state index in [9.17, 15) is 13.2 Å². The molecule has 0 aliphatic heterocycles. The minimum absolute atomic E-state index is 0.124. The smallest absolute Gasteiger partial charge is 0.255 e. The largest absolute Gasteiger partial charge is 0.322 e. The summed E-state index contributed by atoms with van der Waals surface area (Å²) in [7, 11) is -3.38. The van der Waals surface area contributed by atoms with Crippen LogP contribution >= 0.6 is 11.3 Å². The predicted molar refractivity (Wildman–Crippen MR) is 117 cm³/mol. The molecule has 3 aromatic carbocycles. The number of rotatable bonds is 4. The van der Waals surface area contributed by atoms with E-state index in [1.165, 1.54) is 12.1 Å². The molecule has 5 nitrogen and oxygen atoms in total. The van der Waals surface area contributed by atoms with Crippen molar-refractivity contribution in [2.75, 3.05) is 11.6 Å². The molecular formula is C22H18N2O3S2. The lowest BCUT2D eigenvalue weighted by atomic mass is 10.1. The number of aromatic nitrogens is 1. The van der Waals surface area contributed by atoms with Gasteiger partial charge in [-0.05, 0) is 61.0 Å². The van der Waals surface area contributed by atoms with Crippen LogP contribution in [0.4, 0.5) is 5.69 Å². The highest BCUT2D eigenvalue weighted by atomic mass is 32.2. The van der Waals surface area contributed by atoms with Crippen LogP contribution in [0.5, 0.6) is 0 Å². The normalized spacial score (nSPS) is 11.5. The summed E-state index contributed by atoms with van der Waals surface area (Å²) in [5.74, 6) is -0.347. The number of sulfone groups is 1. The van der Waals surface area contributed by atoms with E-state index in [4.69, 9.17) is 0 Å². The fourth-order valence-electron chi connectivity index (χ4n) is 2.97. The molecule has 146 valence electrons. The van der Waals surface area contributed by atoms with Crippen LogP contribution in [0.3, 0.4) is 0 Å². The number of hydrogen-bond donors (Lipinski definition) is 1. The van der Waals surface area contributed by atoms with E-state index in [1.54, 1.807) is 24.3 Å². The molecule has 0 bridgehead atoms. The maximum Gasteiger partial charge on any atom is 0.255 e. The number of fused-ring (bicyclic) bond motifs is 1. The van der Waals surface area contributed by atoms with Crippen molar-refractivity contribution in [2.45, 2.75) is 11.8 Å². The van der Waals surface area contributed by atoms with Crippen molar-refractivity contribution in [3.63, 3.8) is 0 Å². The maximum atomic E-state index is 12.7. The first-order valence-electron chi connectivity index (χ1n) is 8.89. The molecule has 4 rings (SSSR count). The van der Waals surface area contributed by atoms with Crippen LogP contribution in [0, 0.1) is 6.92 Å². The molecule has 29 heavy (non-hydrogen) atoms. The third-order valence-electron chi connectivity index (χ3n) is 4.57. The van der Waals surface area contributed by atoms with Gasteiger partial charge in [-0.25, -0.2) is 13.4 Å². The Balaban J connectivity index is 1.57. The highest BCUT2D eigenvalue weighted by Gasteiger charge is 2.15. The van der Waals surface area contributed by atoms with E-state index in [1.807, 2.05) is 48.5 Å². The van der Waals surface area contributed by atoms with Crippen LogP contribution < -0.4 is 5.32 Å². The molecule has 1 amide bonds. The number of anilines is 1. The Hall–Kier alpha value is -3.03. The van der Waals surface area contributed by atoms with Crippen LogP contribution in [0.25, 0.3) is 20.8 Å². The van der Waals surface area contributed by atoms with E-state index in [0.29, 0.717) is 16.8 Å². The van der Waals surface area contributed by atoms with Crippen LogP contribution in [0.1, 0.15) is 15.9 Å². The second kappa shape index (κ2) is 7.42. The van der Waals surface area contributed by atoms with E-state index in [2.05, 4.69) is 10.3 Å². The van der Waals surface area contributed by atoms with E-state index in [-0.39, 0.29) is 10.8 Å². The second-order valence-corrected chi connectivity index (χ2v) is 9.81. The summed E-state index contributed by atoms with van der Waals surface area (Å²) in [6.45, 7) is 1.77. The minimum Gasteiger partial charge on any atom is -0.322 e. The number of aryl methyl sites for hydroxylation is 1. The van der Waals surface area contributed by atoms with Gasteiger partial charge in [0.25, 0.3) is 5.91 Å². The average molecular weight is 423 g/mol. The van der Waals surface area contributed by atoms with Crippen molar-refractivity contribution in [3.8, 4) is 10.6 Å². The first-order chi connectivity index (χ1) is 13.8. The summed E-state index contributed by atoms with van der Waals surface area (Å²) in [5.41, 5.74) is 3.61. The van der Waals surface area contributed by atoms with Crippen LogP contribution in [-0.4, -0.2) is 25.6 Å². The number of carbonyl (C=O) groups is 1. The molecule has 0 aliphatic rings. The fourth-order valence-corrected chi connectivity index (χ4v) is 4.58. The molecule has 0 aliphatic carbocycles. The second-order valence-electron chi connectivity index (χ2n) is 6.77. The monoisotopic (exact) mass is 422 g/mol. The molecule has 0 saturated carbocycles. The third-order valence-corrected chi connectivity index (χ3v) is 6.76. The Labute approximate surface area is 173 Å². The summed E-state index contributed by atoms with van der Waals surface area (Å²) < 4.78 is 24.7. The lowest BCUT2D eigenvalue weighted by Gasteiger charge is -2.10. The molecule has 0 saturated heterocycles. The molecule has 1 aromatic heterocycles. The zero-order valence-corrected chi connectivity index (χ0v) is 17.5. The quantitative estimate of drug-likeness (QED) is 0.506. The molecule has 1 heterocycles. The lowest BCUT2D eigenvalue weighted by Crippen LogP contribution is -2.14. The highest BCUT2D eigenvalue weighted by molar-refractivity contribution is 7.90. The Morgan fingerprint density at radius 2 is 1.72 bits per heavy atom. The molecule has 0 radical (unpaired) electrons. The zero-order valence-electron chi connectivity index (χ0n) is 15.8. The summed E-state index contributed by atoms with van der Waals surface area (Å²) in [6, 6.07) is 20.0. The first kappa shape index (κ1) is 19.3.